The molecule has 272 valence electrons. The Morgan fingerprint density at radius 2 is 0.667 bits per heavy atom. The van der Waals surface area contributed by atoms with E-state index in [0.717, 1.165) is 17.3 Å². The van der Waals surface area contributed by atoms with Crippen molar-refractivity contribution in [3.05, 3.63) is 102 Å². The molecular weight excluding hydrogens is 813 g/mol. The third kappa shape index (κ3) is 53.1. The van der Waals surface area contributed by atoms with Gasteiger partial charge in [-0.05, 0) is 47.3 Å². The van der Waals surface area contributed by atoms with Crippen LogP contribution in [0.1, 0.15) is 129 Å². The SMILES string of the molecule is CCC.CCC.CCC.CCC.CCC.CCC.CCNC.CN=[N-].[N-]=Nc1ccc2ccccc2c1.[U+2].c1ccc2ccccc2c1. The smallest absolute Gasteiger partial charge is 0.712 e. The maximum atomic E-state index is 8.52. The quantitative estimate of drug-likeness (QED) is 0.200. The van der Waals surface area contributed by atoms with Gasteiger partial charge in [-0.25, -0.2) is 0 Å². The van der Waals surface area contributed by atoms with Gasteiger partial charge < -0.3 is 26.6 Å². The summed E-state index contributed by atoms with van der Waals surface area (Å²) in [5.74, 6) is 0. The van der Waals surface area contributed by atoms with Crippen molar-refractivity contribution >= 4 is 27.2 Å². The van der Waals surface area contributed by atoms with Crippen LogP contribution < -0.4 is 5.32 Å². The second-order valence-corrected chi connectivity index (χ2v) is 10.1. The summed E-state index contributed by atoms with van der Waals surface area (Å²) in [6.45, 7) is 28.6. The Hall–Kier alpha value is -2.39. The normalized spacial score (nSPS) is 7.73. The first-order valence-corrected chi connectivity index (χ1v) is 17.8. The number of hydrogen-bond acceptors (Lipinski definition) is 3. The first-order chi connectivity index (χ1) is 22.7. The van der Waals surface area contributed by atoms with Crippen LogP contribution in [0, 0.1) is 31.1 Å². The second kappa shape index (κ2) is 60.0. The molecule has 0 aliphatic rings. The summed E-state index contributed by atoms with van der Waals surface area (Å²) in [5, 5.41) is 13.4. The number of benzene rings is 4. The van der Waals surface area contributed by atoms with E-state index in [1.807, 2.05) is 43.4 Å². The van der Waals surface area contributed by atoms with Crippen LogP contribution in [0.3, 0.4) is 0 Å². The molecule has 0 aromatic heterocycles. The van der Waals surface area contributed by atoms with Gasteiger partial charge in [0.05, 0.1) is 0 Å². The summed E-state index contributed by atoms with van der Waals surface area (Å²) in [7, 11) is 3.24. The predicted molar refractivity (Wildman–Crippen MR) is 220 cm³/mol. The van der Waals surface area contributed by atoms with Crippen LogP contribution in [-0.2, 0) is 0 Å². The van der Waals surface area contributed by atoms with Gasteiger partial charge in [0.15, 0.2) is 0 Å². The first-order valence-electron chi connectivity index (χ1n) is 17.8. The molecule has 6 heteroatoms. The number of hydrogen-bond donors (Lipinski definition) is 1. The van der Waals surface area contributed by atoms with Gasteiger partial charge in [-0.3, -0.25) is 0 Å². The van der Waals surface area contributed by atoms with E-state index in [9.17, 15) is 0 Å². The molecule has 5 nitrogen and oxygen atoms in total. The fourth-order valence-electron chi connectivity index (χ4n) is 2.37. The molecule has 48 heavy (non-hydrogen) atoms. The van der Waals surface area contributed by atoms with Crippen molar-refractivity contribution in [1.29, 1.82) is 0 Å². The van der Waals surface area contributed by atoms with Crippen LogP contribution in [0.15, 0.2) is 101 Å². The molecule has 0 bridgehead atoms. The Bertz CT molecular complexity index is 1020. The summed E-state index contributed by atoms with van der Waals surface area (Å²) in [4.78, 5) is 0. The van der Waals surface area contributed by atoms with Crippen molar-refractivity contribution < 1.29 is 31.1 Å². The molecule has 0 amide bonds. The first kappa shape index (κ1) is 60.9. The number of rotatable bonds is 2. The summed E-state index contributed by atoms with van der Waals surface area (Å²) in [6.07, 6.45) is 7.50. The van der Waals surface area contributed by atoms with E-state index in [1.165, 1.54) is 56.3 Å². The largest absolute Gasteiger partial charge is 2.00 e. The summed E-state index contributed by atoms with van der Waals surface area (Å²) in [5.41, 5.74) is 16.3. The molecule has 0 aliphatic heterocycles. The van der Waals surface area contributed by atoms with Gasteiger partial charge in [0, 0.05) is 12.7 Å². The average molecular weight is 888 g/mol. The van der Waals surface area contributed by atoms with Gasteiger partial charge in [-0.15, -0.1) is 0 Å². The molecule has 1 N–H and O–H groups in total. The zero-order valence-electron chi connectivity index (χ0n) is 33.9. The Labute approximate surface area is 323 Å². The Morgan fingerprint density at radius 3 is 0.875 bits per heavy atom. The van der Waals surface area contributed by atoms with Crippen LogP contribution in [-0.4, -0.2) is 20.6 Å². The van der Waals surface area contributed by atoms with Crippen molar-refractivity contribution in [2.75, 3.05) is 20.6 Å². The standard InChI is InChI=1S/C10H7N2.C10H8.C3H9N.6C3H8.CH3N2.U/c11-12-10-6-5-8-3-1-2-4-9(8)7-10;1-2-6-10-8-4-3-7-9(10)5-1;1-3-4-2;7*1-3-2;/h1-7H;1-8H;4H,3H2,1-2H3;6*3H2,1-2H3;1H3;/q-1;;;;;;;;;-1;+2. The molecule has 0 saturated heterocycles. The van der Waals surface area contributed by atoms with Crippen molar-refractivity contribution in [1.82, 2.24) is 5.32 Å². The van der Waals surface area contributed by atoms with Gasteiger partial charge >= 0.3 is 31.1 Å². The van der Waals surface area contributed by atoms with Gasteiger partial charge in [-0.1, -0.05) is 207 Å². The van der Waals surface area contributed by atoms with E-state index in [2.05, 4.69) is 154 Å². The monoisotopic (exact) mass is 888 g/mol. The fraction of sp³-hybridized carbons (Fsp3) is 0.524. The van der Waals surface area contributed by atoms with Crippen LogP contribution in [0.2, 0.25) is 0 Å². The van der Waals surface area contributed by atoms with Gasteiger partial charge in [-0.2, -0.15) is 0 Å². The Balaban J connectivity index is -0.0000000844. The van der Waals surface area contributed by atoms with E-state index < -0.39 is 0 Å². The number of nitrogens with zero attached hydrogens (tertiary/aromatic N) is 4. The summed E-state index contributed by atoms with van der Waals surface area (Å²) >= 11 is 0. The predicted octanol–water partition coefficient (Wildman–Crippen LogP) is 15.7. The molecule has 0 atom stereocenters. The average Bonchev–Trinajstić information content (AvgIpc) is 3.07. The maximum absolute atomic E-state index is 8.52. The van der Waals surface area contributed by atoms with Gasteiger partial charge in [0.2, 0.25) is 0 Å². The number of fused-ring (bicyclic) bond motifs is 2. The van der Waals surface area contributed by atoms with E-state index >= 15 is 0 Å². The summed E-state index contributed by atoms with van der Waals surface area (Å²) < 4.78 is 0. The van der Waals surface area contributed by atoms with Crippen molar-refractivity contribution in [3.8, 4) is 0 Å². The van der Waals surface area contributed by atoms with E-state index in [1.54, 1.807) is 6.07 Å². The van der Waals surface area contributed by atoms with Crippen LogP contribution >= 0.6 is 0 Å². The molecule has 0 unspecified atom stereocenters. The molecule has 0 aliphatic carbocycles. The molecule has 0 spiro atoms. The van der Waals surface area contributed by atoms with Crippen LogP contribution in [0.5, 0.6) is 0 Å². The topological polar surface area (TPSA) is 81.3 Å². The third-order valence-corrected chi connectivity index (χ3v) is 3.86. The molecule has 4 rings (SSSR count). The van der Waals surface area contributed by atoms with Crippen molar-refractivity contribution in [2.24, 2.45) is 10.2 Å². The van der Waals surface area contributed by atoms with Crippen molar-refractivity contribution in [3.63, 3.8) is 0 Å². The Morgan fingerprint density at radius 1 is 0.458 bits per heavy atom. The second-order valence-electron chi connectivity index (χ2n) is 10.1. The van der Waals surface area contributed by atoms with Crippen LogP contribution in [0.25, 0.3) is 32.6 Å². The third-order valence-electron chi connectivity index (χ3n) is 3.86. The van der Waals surface area contributed by atoms with Crippen LogP contribution in [0.4, 0.5) is 5.69 Å². The summed E-state index contributed by atoms with van der Waals surface area (Å²) in [6, 6.07) is 30.2. The Kier molecular flexibility index (Phi) is 76.1. The number of nitrogens with one attached hydrogen (secondary N) is 1. The molecule has 0 radical (unpaired) electrons. The van der Waals surface area contributed by atoms with Gasteiger partial charge in [0.25, 0.3) is 0 Å². The van der Waals surface area contributed by atoms with Gasteiger partial charge in [0.1, 0.15) is 0 Å². The van der Waals surface area contributed by atoms with E-state index in [4.69, 9.17) is 11.1 Å². The van der Waals surface area contributed by atoms with Crippen molar-refractivity contribution in [2.45, 2.75) is 129 Å². The van der Waals surface area contributed by atoms with E-state index in [-0.39, 0.29) is 31.1 Å². The zero-order chi connectivity index (χ0) is 37.6. The molecule has 4 aromatic rings. The molecule has 0 fully saturated rings. The molecule has 0 saturated carbocycles. The zero-order valence-corrected chi connectivity index (χ0v) is 38.1. The minimum atomic E-state index is 0. The van der Waals surface area contributed by atoms with E-state index in [0.29, 0.717) is 5.69 Å². The minimum absolute atomic E-state index is 0. The maximum Gasteiger partial charge on any atom is 2.00 e. The minimum Gasteiger partial charge on any atom is -0.712 e. The molecule has 0 heterocycles. The molecule has 4 aromatic carbocycles. The molecular formula is C42H75N5U. The fourth-order valence-corrected chi connectivity index (χ4v) is 2.37.